The molecule has 2 aliphatic heterocycles. The second kappa shape index (κ2) is 3.36. The number of hydrogen-bond donors (Lipinski definition) is 1. The van der Waals surface area contributed by atoms with Crippen LogP contribution in [0.25, 0.3) is 10.9 Å². The molecular weight excluding hydrogens is 208 g/mol. The zero-order valence-electron chi connectivity index (χ0n) is 10.3. The summed E-state index contributed by atoms with van der Waals surface area (Å²) in [6, 6.07) is 6.86. The topological polar surface area (TPSA) is 17.0 Å². The summed E-state index contributed by atoms with van der Waals surface area (Å²) in [7, 11) is 0. The molecule has 0 saturated carbocycles. The van der Waals surface area contributed by atoms with E-state index in [0.29, 0.717) is 0 Å². The van der Waals surface area contributed by atoms with Gasteiger partial charge in [-0.05, 0) is 30.9 Å². The van der Waals surface area contributed by atoms with Gasteiger partial charge < -0.3 is 9.88 Å². The highest BCUT2D eigenvalue weighted by atomic mass is 15.0. The smallest absolute Gasteiger partial charge is 0.0517 e. The van der Waals surface area contributed by atoms with Gasteiger partial charge in [-0.25, -0.2) is 0 Å². The van der Waals surface area contributed by atoms with Crippen LogP contribution in [0.2, 0.25) is 0 Å². The minimum Gasteiger partial charge on any atom is -0.344 e. The van der Waals surface area contributed by atoms with E-state index in [-0.39, 0.29) is 0 Å². The van der Waals surface area contributed by atoms with Crippen molar-refractivity contribution in [2.24, 2.45) is 0 Å². The normalized spacial score (nSPS) is 19.6. The van der Waals surface area contributed by atoms with E-state index in [2.05, 4.69) is 35.0 Å². The van der Waals surface area contributed by atoms with Crippen molar-refractivity contribution < 1.29 is 0 Å². The maximum Gasteiger partial charge on any atom is 0.0517 e. The van der Waals surface area contributed by atoms with Crippen LogP contribution in [-0.4, -0.2) is 17.7 Å². The minimum absolute atomic E-state index is 0.743. The average molecular weight is 226 g/mol. The van der Waals surface area contributed by atoms with E-state index >= 15 is 0 Å². The zero-order valence-corrected chi connectivity index (χ0v) is 10.3. The molecule has 0 spiro atoms. The third kappa shape index (κ3) is 1.19. The lowest BCUT2D eigenvalue weighted by molar-refractivity contribution is 0.447. The van der Waals surface area contributed by atoms with Crippen molar-refractivity contribution in [2.75, 3.05) is 13.1 Å². The molecule has 2 heteroatoms. The van der Waals surface area contributed by atoms with Gasteiger partial charge in [0.15, 0.2) is 0 Å². The fourth-order valence-electron chi connectivity index (χ4n) is 3.55. The first-order valence-corrected chi connectivity index (χ1v) is 6.67. The third-order valence-corrected chi connectivity index (χ3v) is 4.49. The summed E-state index contributed by atoms with van der Waals surface area (Å²) in [5.74, 6) is 0.743. The lowest BCUT2D eigenvalue weighted by Gasteiger charge is -2.28. The average Bonchev–Trinajstić information content (AvgIpc) is 2.56. The monoisotopic (exact) mass is 226 g/mol. The van der Waals surface area contributed by atoms with Crippen LogP contribution in [0.4, 0.5) is 0 Å². The van der Waals surface area contributed by atoms with E-state index in [9.17, 15) is 0 Å². The predicted molar refractivity (Wildman–Crippen MR) is 70.6 cm³/mol. The summed E-state index contributed by atoms with van der Waals surface area (Å²) >= 11 is 0. The summed E-state index contributed by atoms with van der Waals surface area (Å²) in [5, 5.41) is 4.92. The minimum atomic E-state index is 0.743. The second-order valence-electron chi connectivity index (χ2n) is 5.42. The first kappa shape index (κ1) is 9.72. The van der Waals surface area contributed by atoms with Gasteiger partial charge in [-0.15, -0.1) is 0 Å². The summed E-state index contributed by atoms with van der Waals surface area (Å²) in [6.07, 6.45) is 2.55. The molecule has 2 nitrogen and oxygen atoms in total. The van der Waals surface area contributed by atoms with Crippen LogP contribution >= 0.6 is 0 Å². The van der Waals surface area contributed by atoms with E-state index in [0.717, 1.165) is 19.0 Å². The van der Waals surface area contributed by atoms with Gasteiger partial charge in [-0.2, -0.15) is 0 Å². The van der Waals surface area contributed by atoms with E-state index in [4.69, 9.17) is 0 Å². The van der Waals surface area contributed by atoms with Crippen molar-refractivity contribution in [3.8, 4) is 0 Å². The largest absolute Gasteiger partial charge is 0.344 e. The van der Waals surface area contributed by atoms with Crippen molar-refractivity contribution in [1.82, 2.24) is 9.88 Å². The Bertz CT molecular complexity index is 590. The highest BCUT2D eigenvalue weighted by molar-refractivity contribution is 5.89. The van der Waals surface area contributed by atoms with Crippen LogP contribution in [0, 0.1) is 6.92 Å². The Hall–Kier alpha value is -1.28. The second-order valence-corrected chi connectivity index (χ2v) is 5.42. The van der Waals surface area contributed by atoms with Gasteiger partial charge in [0.2, 0.25) is 0 Å². The number of aryl methyl sites for hydroxylation is 2. The number of rotatable bonds is 1. The number of nitrogens with zero attached hydrogens (tertiary/aromatic N) is 1. The van der Waals surface area contributed by atoms with Gasteiger partial charge in [0.1, 0.15) is 0 Å². The van der Waals surface area contributed by atoms with Gasteiger partial charge in [-0.3, -0.25) is 0 Å². The predicted octanol–water partition coefficient (Wildman–Crippen LogP) is 2.58. The Morgan fingerprint density at radius 1 is 1.29 bits per heavy atom. The number of nitrogens with one attached hydrogen (secondary N) is 1. The van der Waals surface area contributed by atoms with Crippen molar-refractivity contribution >= 4 is 10.9 Å². The molecule has 1 saturated heterocycles. The molecule has 0 bridgehead atoms. The molecule has 0 amide bonds. The molecule has 2 aromatic rings. The van der Waals surface area contributed by atoms with E-state index in [1.807, 2.05) is 0 Å². The van der Waals surface area contributed by atoms with Gasteiger partial charge in [0.25, 0.3) is 0 Å². The molecule has 1 aromatic heterocycles. The molecule has 0 atom stereocenters. The van der Waals surface area contributed by atoms with Gasteiger partial charge >= 0.3 is 0 Å². The fraction of sp³-hybridized carbons (Fsp3) is 0.467. The summed E-state index contributed by atoms with van der Waals surface area (Å²) in [4.78, 5) is 0. The zero-order chi connectivity index (χ0) is 11.4. The maximum absolute atomic E-state index is 3.40. The lowest BCUT2D eigenvalue weighted by atomic mass is 9.91. The molecule has 1 fully saturated rings. The Morgan fingerprint density at radius 2 is 2.18 bits per heavy atom. The van der Waals surface area contributed by atoms with E-state index in [1.165, 1.54) is 36.0 Å². The molecule has 0 radical (unpaired) electrons. The summed E-state index contributed by atoms with van der Waals surface area (Å²) in [5.41, 5.74) is 6.20. The van der Waals surface area contributed by atoms with Crippen LogP contribution < -0.4 is 5.32 Å². The fourth-order valence-corrected chi connectivity index (χ4v) is 3.55. The first-order valence-electron chi connectivity index (χ1n) is 6.67. The molecular formula is C15H18N2. The van der Waals surface area contributed by atoms with Crippen molar-refractivity contribution in [1.29, 1.82) is 0 Å². The lowest BCUT2D eigenvalue weighted by Crippen LogP contribution is -2.40. The molecule has 2 aliphatic rings. The molecule has 0 aliphatic carbocycles. The van der Waals surface area contributed by atoms with Crippen molar-refractivity contribution in [2.45, 2.75) is 32.2 Å². The molecule has 1 N–H and O–H groups in total. The van der Waals surface area contributed by atoms with Crippen LogP contribution in [0.1, 0.15) is 29.2 Å². The Labute approximate surface area is 102 Å². The Kier molecular flexibility index (Phi) is 1.92. The maximum atomic E-state index is 3.40. The SMILES string of the molecule is Cc1c(C2CNC2)c2cccc3c2n1CCC3. The number of aromatic nitrogens is 1. The van der Waals surface area contributed by atoms with Crippen LogP contribution in [0.5, 0.6) is 0 Å². The molecule has 4 rings (SSSR count). The quantitative estimate of drug-likeness (QED) is 0.791. The summed E-state index contributed by atoms with van der Waals surface area (Å²) in [6.45, 7) is 5.83. The molecule has 1 aromatic carbocycles. The van der Waals surface area contributed by atoms with Crippen LogP contribution in [-0.2, 0) is 13.0 Å². The molecule has 17 heavy (non-hydrogen) atoms. The van der Waals surface area contributed by atoms with Crippen LogP contribution in [0.3, 0.4) is 0 Å². The molecule has 0 unspecified atom stereocenters. The van der Waals surface area contributed by atoms with E-state index < -0.39 is 0 Å². The van der Waals surface area contributed by atoms with Crippen molar-refractivity contribution in [3.63, 3.8) is 0 Å². The van der Waals surface area contributed by atoms with E-state index in [1.54, 1.807) is 11.1 Å². The highest BCUT2D eigenvalue weighted by Crippen LogP contribution is 2.37. The van der Waals surface area contributed by atoms with Gasteiger partial charge in [-0.1, -0.05) is 18.2 Å². The summed E-state index contributed by atoms with van der Waals surface area (Å²) < 4.78 is 2.56. The molecule has 3 heterocycles. The number of benzene rings is 1. The first-order chi connectivity index (χ1) is 8.36. The number of hydrogen-bond acceptors (Lipinski definition) is 1. The molecule has 88 valence electrons. The van der Waals surface area contributed by atoms with Gasteiger partial charge in [0.05, 0.1) is 5.52 Å². The van der Waals surface area contributed by atoms with Gasteiger partial charge in [0, 0.05) is 36.6 Å². The van der Waals surface area contributed by atoms with Crippen LogP contribution in [0.15, 0.2) is 18.2 Å². The highest BCUT2D eigenvalue weighted by Gasteiger charge is 2.27. The Balaban J connectivity index is 2.07. The van der Waals surface area contributed by atoms with Crippen molar-refractivity contribution in [3.05, 3.63) is 35.0 Å². The number of para-hydroxylation sites is 1. The Morgan fingerprint density at radius 3 is 2.94 bits per heavy atom. The standard InChI is InChI=1S/C15H18N2/c1-10-14(12-8-16-9-12)13-6-2-4-11-5-3-7-17(10)15(11)13/h2,4,6,12,16H,3,5,7-9H2,1H3. The third-order valence-electron chi connectivity index (χ3n) is 4.49.